The lowest BCUT2D eigenvalue weighted by Gasteiger charge is -2.12. The fourth-order valence-corrected chi connectivity index (χ4v) is 1.84. The molecule has 2 aromatic rings. The van der Waals surface area contributed by atoms with E-state index in [-0.39, 0.29) is 0 Å². The quantitative estimate of drug-likeness (QED) is 0.840. The summed E-state index contributed by atoms with van der Waals surface area (Å²) in [5.41, 5.74) is 2.62. The Morgan fingerprint density at radius 2 is 2.00 bits per heavy atom. The maximum atomic E-state index is 9.69. The summed E-state index contributed by atoms with van der Waals surface area (Å²) in [5, 5.41) is 10.6. The number of fused-ring (bicyclic) bond motifs is 1. The number of nitrogens with zero attached hydrogens (tertiary/aromatic N) is 1. The van der Waals surface area contributed by atoms with Crippen LogP contribution in [-0.4, -0.2) is 17.2 Å². The Morgan fingerprint density at radius 3 is 2.62 bits per heavy atom. The van der Waals surface area contributed by atoms with E-state index in [0.717, 1.165) is 27.9 Å². The van der Waals surface area contributed by atoms with Gasteiger partial charge in [0, 0.05) is 11.1 Å². The minimum absolute atomic E-state index is 0.502. The number of benzene rings is 1. The third-order valence-electron chi connectivity index (χ3n) is 2.66. The lowest BCUT2D eigenvalue weighted by molar-refractivity contribution is 0.201. The van der Waals surface area contributed by atoms with Gasteiger partial charge in [0.05, 0.1) is 13.2 Å². The topological polar surface area (TPSA) is 42.4 Å². The van der Waals surface area contributed by atoms with E-state index in [1.54, 1.807) is 14.0 Å². The first-order valence-electron chi connectivity index (χ1n) is 5.26. The van der Waals surface area contributed by atoms with Gasteiger partial charge in [0.25, 0.3) is 0 Å². The van der Waals surface area contributed by atoms with E-state index in [9.17, 15) is 5.11 Å². The molecule has 0 saturated heterocycles. The molecule has 0 aliphatic carbocycles. The lowest BCUT2D eigenvalue weighted by Crippen LogP contribution is -1.96. The molecule has 0 fully saturated rings. The first kappa shape index (κ1) is 10.9. The van der Waals surface area contributed by atoms with E-state index in [1.165, 1.54) is 0 Å². The van der Waals surface area contributed by atoms with Gasteiger partial charge in [-0.2, -0.15) is 0 Å². The molecule has 0 aliphatic rings. The van der Waals surface area contributed by atoms with Crippen molar-refractivity contribution < 1.29 is 9.84 Å². The number of aryl methyl sites for hydroxylation is 1. The van der Waals surface area contributed by atoms with E-state index >= 15 is 0 Å². The van der Waals surface area contributed by atoms with Gasteiger partial charge in [-0.3, -0.25) is 0 Å². The van der Waals surface area contributed by atoms with Gasteiger partial charge in [0.2, 0.25) is 0 Å². The fourth-order valence-electron chi connectivity index (χ4n) is 1.84. The van der Waals surface area contributed by atoms with Gasteiger partial charge in [-0.1, -0.05) is 12.1 Å². The van der Waals surface area contributed by atoms with Crippen LogP contribution < -0.4 is 4.74 Å². The van der Waals surface area contributed by atoms with E-state index < -0.39 is 6.10 Å². The number of pyridine rings is 1. The first-order valence-corrected chi connectivity index (χ1v) is 5.26. The molecule has 0 amide bonds. The van der Waals surface area contributed by atoms with Gasteiger partial charge in [-0.25, -0.2) is 4.98 Å². The van der Waals surface area contributed by atoms with Crippen molar-refractivity contribution >= 4 is 10.9 Å². The number of ether oxygens (including phenoxy) is 1. The number of aliphatic hydroxyl groups is 1. The maximum Gasteiger partial charge on any atom is 0.145 e. The first-order chi connectivity index (χ1) is 7.63. The molecule has 0 bridgehead atoms. The van der Waals surface area contributed by atoms with Crippen LogP contribution >= 0.6 is 0 Å². The predicted octanol–water partition coefficient (Wildman–Crippen LogP) is 2.61. The molecule has 0 spiro atoms. The van der Waals surface area contributed by atoms with Crippen molar-refractivity contribution in [3.63, 3.8) is 0 Å². The molecule has 0 saturated carbocycles. The third kappa shape index (κ3) is 1.74. The Kier molecular flexibility index (Phi) is 2.79. The number of hydrogen-bond acceptors (Lipinski definition) is 3. The second kappa shape index (κ2) is 4.10. The summed E-state index contributed by atoms with van der Waals surface area (Å²) in [6.45, 7) is 3.69. The second-order valence-corrected chi connectivity index (χ2v) is 3.88. The minimum Gasteiger partial charge on any atom is -0.494 e. The molecule has 84 valence electrons. The molecular formula is C13H15NO2. The molecule has 3 heteroatoms. The van der Waals surface area contributed by atoms with Crippen LogP contribution in [0.25, 0.3) is 10.9 Å². The van der Waals surface area contributed by atoms with Crippen LogP contribution in [0.1, 0.15) is 24.3 Å². The Bertz CT molecular complexity index is 521. The molecule has 3 nitrogen and oxygen atoms in total. The molecule has 1 aromatic heterocycles. The summed E-state index contributed by atoms with van der Waals surface area (Å²) < 4.78 is 5.27. The Hall–Kier alpha value is -1.61. The summed E-state index contributed by atoms with van der Waals surface area (Å²) in [7, 11) is 1.63. The SMILES string of the molecule is COc1ccc(C(C)O)c2ccc(C)nc12. The van der Waals surface area contributed by atoms with Crippen molar-refractivity contribution in [2.24, 2.45) is 0 Å². The molecule has 1 atom stereocenters. The second-order valence-electron chi connectivity index (χ2n) is 3.88. The van der Waals surface area contributed by atoms with Gasteiger partial charge >= 0.3 is 0 Å². The van der Waals surface area contributed by atoms with Crippen LogP contribution in [0.15, 0.2) is 24.3 Å². The summed E-state index contributed by atoms with van der Waals surface area (Å²) in [6, 6.07) is 7.63. The van der Waals surface area contributed by atoms with Gasteiger partial charge < -0.3 is 9.84 Å². The van der Waals surface area contributed by atoms with Crippen LogP contribution in [0.4, 0.5) is 0 Å². The number of methoxy groups -OCH3 is 1. The van der Waals surface area contributed by atoms with Crippen molar-refractivity contribution in [1.82, 2.24) is 4.98 Å². The third-order valence-corrected chi connectivity index (χ3v) is 2.66. The Morgan fingerprint density at radius 1 is 1.25 bits per heavy atom. The number of rotatable bonds is 2. The fraction of sp³-hybridized carbons (Fsp3) is 0.308. The summed E-state index contributed by atoms with van der Waals surface area (Å²) in [6.07, 6.45) is -0.502. The molecule has 0 aliphatic heterocycles. The normalized spacial score (nSPS) is 12.8. The average Bonchev–Trinajstić information content (AvgIpc) is 2.27. The van der Waals surface area contributed by atoms with Crippen LogP contribution in [-0.2, 0) is 0 Å². The lowest BCUT2D eigenvalue weighted by atomic mass is 10.0. The Labute approximate surface area is 94.7 Å². The molecule has 1 N–H and O–H groups in total. The van der Waals surface area contributed by atoms with Crippen LogP contribution in [0.2, 0.25) is 0 Å². The van der Waals surface area contributed by atoms with Crippen molar-refractivity contribution in [3.8, 4) is 5.75 Å². The van der Waals surface area contributed by atoms with Crippen molar-refractivity contribution in [3.05, 3.63) is 35.5 Å². The zero-order valence-electron chi connectivity index (χ0n) is 9.69. The van der Waals surface area contributed by atoms with Gasteiger partial charge in [-0.05, 0) is 31.5 Å². The monoisotopic (exact) mass is 217 g/mol. The van der Waals surface area contributed by atoms with E-state index in [4.69, 9.17) is 4.74 Å². The molecular weight excluding hydrogens is 202 g/mol. The molecule has 16 heavy (non-hydrogen) atoms. The summed E-state index contributed by atoms with van der Waals surface area (Å²) in [4.78, 5) is 4.45. The number of aromatic nitrogens is 1. The van der Waals surface area contributed by atoms with E-state index in [2.05, 4.69) is 4.98 Å². The zero-order chi connectivity index (χ0) is 11.7. The van der Waals surface area contributed by atoms with Crippen LogP contribution in [0, 0.1) is 6.92 Å². The van der Waals surface area contributed by atoms with Crippen LogP contribution in [0.3, 0.4) is 0 Å². The minimum atomic E-state index is -0.502. The molecule has 1 unspecified atom stereocenters. The van der Waals surface area contributed by atoms with Crippen molar-refractivity contribution in [2.75, 3.05) is 7.11 Å². The maximum absolute atomic E-state index is 9.69. The molecule has 1 heterocycles. The van der Waals surface area contributed by atoms with Gasteiger partial charge in [0.1, 0.15) is 11.3 Å². The number of hydrogen-bond donors (Lipinski definition) is 1. The van der Waals surface area contributed by atoms with Crippen LogP contribution in [0.5, 0.6) is 5.75 Å². The average molecular weight is 217 g/mol. The smallest absolute Gasteiger partial charge is 0.145 e. The highest BCUT2D eigenvalue weighted by Crippen LogP contribution is 2.30. The summed E-state index contributed by atoms with van der Waals surface area (Å²) in [5.74, 6) is 0.739. The molecule has 0 radical (unpaired) electrons. The highest BCUT2D eigenvalue weighted by atomic mass is 16.5. The highest BCUT2D eigenvalue weighted by Gasteiger charge is 2.11. The molecule has 2 rings (SSSR count). The standard InChI is InChI=1S/C13H15NO2/c1-8-4-5-11-10(9(2)15)6-7-12(16-3)13(11)14-8/h4-7,9,15H,1-3H3. The predicted molar refractivity (Wildman–Crippen MR) is 63.7 cm³/mol. The highest BCUT2D eigenvalue weighted by molar-refractivity contribution is 5.88. The largest absolute Gasteiger partial charge is 0.494 e. The van der Waals surface area contributed by atoms with Gasteiger partial charge in [0.15, 0.2) is 0 Å². The van der Waals surface area contributed by atoms with E-state index in [0.29, 0.717) is 0 Å². The van der Waals surface area contributed by atoms with Crippen molar-refractivity contribution in [1.29, 1.82) is 0 Å². The van der Waals surface area contributed by atoms with Crippen molar-refractivity contribution in [2.45, 2.75) is 20.0 Å². The van der Waals surface area contributed by atoms with E-state index in [1.807, 2.05) is 31.2 Å². The van der Waals surface area contributed by atoms with Gasteiger partial charge in [-0.15, -0.1) is 0 Å². The number of aliphatic hydroxyl groups excluding tert-OH is 1. The molecule has 1 aromatic carbocycles. The zero-order valence-corrected chi connectivity index (χ0v) is 9.69. The summed E-state index contributed by atoms with van der Waals surface area (Å²) >= 11 is 0. The Balaban J connectivity index is 2.80.